The Morgan fingerprint density at radius 3 is 2.95 bits per heavy atom. The predicted octanol–water partition coefficient (Wildman–Crippen LogP) is 3.60. The van der Waals surface area contributed by atoms with Crippen LogP contribution in [0.4, 0.5) is 0 Å². The smallest absolute Gasteiger partial charge is 0.109 e. The molecule has 1 N–H and O–H groups in total. The molecule has 0 aliphatic carbocycles. The molecule has 2 heteroatoms. The maximum atomic E-state index is 5.72. The zero-order valence-corrected chi connectivity index (χ0v) is 12.1. The van der Waals surface area contributed by atoms with E-state index in [0.29, 0.717) is 6.04 Å². The van der Waals surface area contributed by atoms with E-state index in [0.717, 1.165) is 44.6 Å². The van der Waals surface area contributed by atoms with Crippen molar-refractivity contribution in [2.45, 2.75) is 45.6 Å². The Morgan fingerprint density at radius 2 is 2.26 bits per heavy atom. The van der Waals surface area contributed by atoms with Crippen LogP contribution in [-0.4, -0.2) is 19.2 Å². The second-order valence-electron chi connectivity index (χ2n) is 5.28. The standard InChI is InChI=1S/C17H25NO/c1-3-11-18-16(17-8-5-12-19-17)10-9-15-7-4-6-14(2)13-15/h4,6-8,13,16,18H,3,5,9-12H2,1-2H3. The molecule has 2 rings (SSSR count). The average Bonchev–Trinajstić information content (AvgIpc) is 2.93. The summed E-state index contributed by atoms with van der Waals surface area (Å²) in [6.45, 7) is 6.26. The maximum Gasteiger partial charge on any atom is 0.109 e. The Labute approximate surface area is 116 Å². The Kier molecular flexibility index (Phi) is 5.46. The molecular weight excluding hydrogens is 234 g/mol. The molecule has 1 heterocycles. The number of aryl methyl sites for hydroxylation is 2. The van der Waals surface area contributed by atoms with E-state index in [2.05, 4.69) is 49.5 Å². The Bertz CT molecular complexity index is 425. The van der Waals surface area contributed by atoms with E-state index in [-0.39, 0.29) is 0 Å². The fraction of sp³-hybridized carbons (Fsp3) is 0.529. The van der Waals surface area contributed by atoms with Crippen molar-refractivity contribution in [3.63, 3.8) is 0 Å². The molecule has 1 aromatic carbocycles. The van der Waals surface area contributed by atoms with Crippen LogP contribution in [0.1, 0.15) is 37.3 Å². The largest absolute Gasteiger partial charge is 0.496 e. The summed E-state index contributed by atoms with van der Waals surface area (Å²) in [7, 11) is 0. The Morgan fingerprint density at radius 1 is 1.37 bits per heavy atom. The zero-order valence-electron chi connectivity index (χ0n) is 12.1. The van der Waals surface area contributed by atoms with Crippen molar-refractivity contribution in [2.75, 3.05) is 13.2 Å². The lowest BCUT2D eigenvalue weighted by molar-refractivity contribution is 0.211. The Balaban J connectivity index is 1.92. The molecule has 0 fully saturated rings. The van der Waals surface area contributed by atoms with E-state index in [4.69, 9.17) is 4.74 Å². The molecule has 1 aliphatic rings. The van der Waals surface area contributed by atoms with Gasteiger partial charge in [0.25, 0.3) is 0 Å². The SMILES string of the molecule is CCCNC(CCc1cccc(C)c1)C1=CCCO1. The first kappa shape index (κ1) is 14.1. The first-order chi connectivity index (χ1) is 9.29. The molecule has 2 nitrogen and oxygen atoms in total. The van der Waals surface area contributed by atoms with Crippen molar-refractivity contribution < 1.29 is 4.74 Å². The van der Waals surface area contributed by atoms with Crippen LogP contribution in [0.25, 0.3) is 0 Å². The minimum Gasteiger partial charge on any atom is -0.496 e. The van der Waals surface area contributed by atoms with Gasteiger partial charge < -0.3 is 10.1 Å². The molecule has 104 valence electrons. The summed E-state index contributed by atoms with van der Waals surface area (Å²) < 4.78 is 5.72. The van der Waals surface area contributed by atoms with Gasteiger partial charge in [0.15, 0.2) is 0 Å². The molecule has 0 radical (unpaired) electrons. The number of hydrogen-bond acceptors (Lipinski definition) is 2. The fourth-order valence-electron chi connectivity index (χ4n) is 2.52. The highest BCUT2D eigenvalue weighted by molar-refractivity contribution is 5.22. The van der Waals surface area contributed by atoms with Crippen LogP contribution < -0.4 is 5.32 Å². The molecule has 1 unspecified atom stereocenters. The molecule has 1 aliphatic heterocycles. The van der Waals surface area contributed by atoms with Gasteiger partial charge in [0.1, 0.15) is 5.76 Å². The summed E-state index contributed by atoms with van der Waals surface area (Å²) >= 11 is 0. The van der Waals surface area contributed by atoms with Gasteiger partial charge in [-0.1, -0.05) is 36.8 Å². The van der Waals surface area contributed by atoms with Crippen LogP contribution in [-0.2, 0) is 11.2 Å². The molecular formula is C17H25NO. The van der Waals surface area contributed by atoms with Gasteiger partial charge in [-0.05, 0) is 44.4 Å². The highest BCUT2D eigenvalue weighted by Crippen LogP contribution is 2.18. The third kappa shape index (κ3) is 4.39. The van der Waals surface area contributed by atoms with Crippen LogP contribution >= 0.6 is 0 Å². The molecule has 0 saturated heterocycles. The summed E-state index contributed by atoms with van der Waals surface area (Å²) in [6.07, 6.45) is 6.67. The molecule has 0 saturated carbocycles. The van der Waals surface area contributed by atoms with Gasteiger partial charge in [-0.15, -0.1) is 0 Å². The molecule has 0 bridgehead atoms. The van der Waals surface area contributed by atoms with Crippen LogP contribution in [0.3, 0.4) is 0 Å². The van der Waals surface area contributed by atoms with E-state index < -0.39 is 0 Å². The van der Waals surface area contributed by atoms with Crippen LogP contribution in [0.15, 0.2) is 36.1 Å². The Hall–Kier alpha value is -1.28. The lowest BCUT2D eigenvalue weighted by Crippen LogP contribution is -2.32. The van der Waals surface area contributed by atoms with E-state index in [1.165, 1.54) is 11.1 Å². The quantitative estimate of drug-likeness (QED) is 0.808. The van der Waals surface area contributed by atoms with Crippen molar-refractivity contribution in [3.05, 3.63) is 47.2 Å². The molecule has 0 aromatic heterocycles. The lowest BCUT2D eigenvalue weighted by Gasteiger charge is -2.19. The van der Waals surface area contributed by atoms with E-state index in [1.54, 1.807) is 0 Å². The number of benzene rings is 1. The molecule has 1 aromatic rings. The lowest BCUT2D eigenvalue weighted by atomic mass is 10.0. The van der Waals surface area contributed by atoms with Gasteiger partial charge in [-0.25, -0.2) is 0 Å². The number of nitrogens with one attached hydrogen (secondary N) is 1. The van der Waals surface area contributed by atoms with Crippen molar-refractivity contribution in [3.8, 4) is 0 Å². The van der Waals surface area contributed by atoms with Gasteiger partial charge in [0.2, 0.25) is 0 Å². The first-order valence-electron chi connectivity index (χ1n) is 7.41. The minimum absolute atomic E-state index is 0.378. The van der Waals surface area contributed by atoms with Gasteiger partial charge >= 0.3 is 0 Å². The third-order valence-electron chi connectivity index (χ3n) is 3.52. The number of hydrogen-bond donors (Lipinski definition) is 1. The van der Waals surface area contributed by atoms with Crippen LogP contribution in [0.5, 0.6) is 0 Å². The van der Waals surface area contributed by atoms with Crippen molar-refractivity contribution >= 4 is 0 Å². The van der Waals surface area contributed by atoms with Crippen molar-refractivity contribution in [1.29, 1.82) is 0 Å². The zero-order chi connectivity index (χ0) is 13.5. The summed E-state index contributed by atoms with van der Waals surface area (Å²) in [4.78, 5) is 0. The highest BCUT2D eigenvalue weighted by atomic mass is 16.5. The van der Waals surface area contributed by atoms with E-state index >= 15 is 0 Å². The van der Waals surface area contributed by atoms with Crippen LogP contribution in [0.2, 0.25) is 0 Å². The predicted molar refractivity (Wildman–Crippen MR) is 80.2 cm³/mol. The van der Waals surface area contributed by atoms with Gasteiger partial charge in [0, 0.05) is 6.42 Å². The maximum absolute atomic E-state index is 5.72. The molecule has 19 heavy (non-hydrogen) atoms. The summed E-state index contributed by atoms with van der Waals surface area (Å²) in [5, 5.41) is 3.60. The van der Waals surface area contributed by atoms with Crippen molar-refractivity contribution in [1.82, 2.24) is 5.32 Å². The minimum atomic E-state index is 0.378. The topological polar surface area (TPSA) is 21.3 Å². The summed E-state index contributed by atoms with van der Waals surface area (Å²) in [6, 6.07) is 9.17. The number of ether oxygens (including phenoxy) is 1. The van der Waals surface area contributed by atoms with Gasteiger partial charge in [-0.3, -0.25) is 0 Å². The molecule has 0 spiro atoms. The normalized spacial score (nSPS) is 16.0. The third-order valence-corrected chi connectivity index (χ3v) is 3.52. The second-order valence-corrected chi connectivity index (χ2v) is 5.28. The summed E-state index contributed by atoms with van der Waals surface area (Å²) in [5.74, 6) is 1.15. The van der Waals surface area contributed by atoms with Gasteiger partial charge in [-0.2, -0.15) is 0 Å². The highest BCUT2D eigenvalue weighted by Gasteiger charge is 2.17. The monoisotopic (exact) mass is 259 g/mol. The van der Waals surface area contributed by atoms with Crippen molar-refractivity contribution in [2.24, 2.45) is 0 Å². The molecule has 1 atom stereocenters. The van der Waals surface area contributed by atoms with E-state index in [1.807, 2.05) is 0 Å². The van der Waals surface area contributed by atoms with Crippen LogP contribution in [0, 0.1) is 6.92 Å². The molecule has 0 amide bonds. The first-order valence-corrected chi connectivity index (χ1v) is 7.41. The van der Waals surface area contributed by atoms with E-state index in [9.17, 15) is 0 Å². The second kappa shape index (κ2) is 7.34. The number of rotatable bonds is 7. The fourth-order valence-corrected chi connectivity index (χ4v) is 2.52. The average molecular weight is 259 g/mol. The summed E-state index contributed by atoms with van der Waals surface area (Å²) in [5.41, 5.74) is 2.76. The van der Waals surface area contributed by atoms with Gasteiger partial charge in [0.05, 0.1) is 12.6 Å².